The van der Waals surface area contributed by atoms with Crippen LogP contribution in [0.25, 0.3) is 11.3 Å². The average molecular weight is 465 g/mol. The van der Waals surface area contributed by atoms with Crippen molar-refractivity contribution in [3.8, 4) is 17.3 Å². The fourth-order valence-corrected chi connectivity index (χ4v) is 4.62. The third kappa shape index (κ3) is 6.22. The van der Waals surface area contributed by atoms with Crippen LogP contribution < -0.4 is 10.0 Å². The Morgan fingerprint density at radius 2 is 2.15 bits per heavy atom. The van der Waals surface area contributed by atoms with E-state index in [1.165, 1.54) is 12.8 Å². The summed E-state index contributed by atoms with van der Waals surface area (Å²) >= 11 is -2.26. The van der Waals surface area contributed by atoms with Crippen LogP contribution in [0.2, 0.25) is 0 Å². The van der Waals surface area contributed by atoms with Crippen LogP contribution in [0.4, 0.5) is 11.6 Å². The molecule has 2 aromatic heterocycles. The van der Waals surface area contributed by atoms with Gasteiger partial charge >= 0.3 is 0 Å². The topological polar surface area (TPSA) is 132 Å². The second-order valence-electron chi connectivity index (χ2n) is 8.15. The van der Waals surface area contributed by atoms with Gasteiger partial charge in [0.25, 0.3) is 0 Å². The summed E-state index contributed by atoms with van der Waals surface area (Å²) in [7, 11) is 0. The first-order valence-electron chi connectivity index (χ1n) is 11.1. The summed E-state index contributed by atoms with van der Waals surface area (Å²) in [5.74, 6) is 0.955. The number of rotatable bonds is 10. The minimum Gasteiger partial charge on any atom is -0.760 e. The van der Waals surface area contributed by atoms with Crippen LogP contribution in [-0.4, -0.2) is 35.1 Å². The monoisotopic (exact) mass is 464 g/mol. The largest absolute Gasteiger partial charge is 0.760 e. The zero-order valence-corrected chi connectivity index (χ0v) is 19.0. The normalized spacial score (nSPS) is 15.8. The van der Waals surface area contributed by atoms with Crippen molar-refractivity contribution in [2.45, 2.75) is 44.6 Å². The maximum atomic E-state index is 10.6. The molecule has 172 valence electrons. The lowest BCUT2D eigenvalue weighted by Gasteiger charge is -2.21. The van der Waals surface area contributed by atoms with E-state index in [-0.39, 0.29) is 6.04 Å². The molecule has 0 amide bonds. The zero-order chi connectivity index (χ0) is 23.0. The molecule has 0 aliphatic heterocycles. The molecule has 9 nitrogen and oxygen atoms in total. The van der Waals surface area contributed by atoms with Crippen LogP contribution in [0.5, 0.6) is 0 Å². The lowest BCUT2D eigenvalue weighted by Crippen LogP contribution is -2.19. The number of hydrogen-bond acceptors (Lipinski definition) is 7. The Morgan fingerprint density at radius 3 is 2.94 bits per heavy atom. The molecule has 0 bridgehead atoms. The Kier molecular flexibility index (Phi) is 7.78. The number of hydrogen-bond donors (Lipinski definition) is 2. The highest BCUT2D eigenvalue weighted by Gasteiger charge is 2.27. The quantitative estimate of drug-likeness (QED) is 0.438. The van der Waals surface area contributed by atoms with E-state index >= 15 is 0 Å². The predicted octanol–water partition coefficient (Wildman–Crippen LogP) is 3.65. The molecule has 2 atom stereocenters. The summed E-state index contributed by atoms with van der Waals surface area (Å²) in [5.41, 5.74) is 3.44. The third-order valence-corrected chi connectivity index (χ3v) is 6.39. The maximum Gasteiger partial charge on any atom is 0.227 e. The van der Waals surface area contributed by atoms with Gasteiger partial charge in [0.1, 0.15) is 0 Å². The molecule has 2 N–H and O–H groups in total. The third-order valence-electron chi connectivity index (χ3n) is 5.95. The van der Waals surface area contributed by atoms with Crippen molar-refractivity contribution in [1.29, 1.82) is 5.26 Å². The molecule has 1 saturated carbocycles. The van der Waals surface area contributed by atoms with Gasteiger partial charge in [0.15, 0.2) is 0 Å². The molecule has 2 heterocycles. The van der Waals surface area contributed by atoms with Crippen molar-refractivity contribution < 1.29 is 8.76 Å². The second kappa shape index (κ2) is 11.1. The van der Waals surface area contributed by atoms with Crippen molar-refractivity contribution in [2.75, 3.05) is 11.9 Å². The Bertz CT molecular complexity index is 1140. The van der Waals surface area contributed by atoms with Crippen molar-refractivity contribution in [2.24, 2.45) is 5.92 Å². The van der Waals surface area contributed by atoms with E-state index in [0.717, 1.165) is 35.3 Å². The van der Waals surface area contributed by atoms with Crippen molar-refractivity contribution in [1.82, 2.24) is 24.5 Å². The average Bonchev–Trinajstić information content (AvgIpc) is 3.51. The standard InChI is InChI=1S/C23H27N7O2S/c24-11-8-22(18-5-1-2-6-18)30-16-19(15-26-30)21-10-12-25-23(29-21)28-20-7-3-4-17(14-20)9-13-27-33(31)32/h3-4,7,10,12,14-16,18,22,27H,1-2,5-6,8-9,13H2,(H,31,32)(H,25,28,29)/p-1. The summed E-state index contributed by atoms with van der Waals surface area (Å²) < 4.78 is 25.5. The minimum absolute atomic E-state index is 0.0990. The first kappa shape index (κ1) is 23.0. The van der Waals surface area contributed by atoms with Gasteiger partial charge in [-0.05, 0) is 48.9 Å². The molecule has 3 aromatic rings. The molecule has 10 heteroatoms. The van der Waals surface area contributed by atoms with Crippen molar-refractivity contribution in [3.63, 3.8) is 0 Å². The van der Waals surface area contributed by atoms with Gasteiger partial charge in [0, 0.05) is 41.5 Å². The molecule has 1 aliphatic rings. The van der Waals surface area contributed by atoms with Crippen LogP contribution in [0.15, 0.2) is 48.9 Å². The maximum absolute atomic E-state index is 10.6. The smallest absolute Gasteiger partial charge is 0.227 e. The van der Waals surface area contributed by atoms with Crippen molar-refractivity contribution in [3.05, 3.63) is 54.5 Å². The molecule has 33 heavy (non-hydrogen) atoms. The fourth-order valence-electron chi connectivity index (χ4n) is 4.36. The first-order chi connectivity index (χ1) is 16.1. The molecule has 1 aromatic carbocycles. The SMILES string of the molecule is N#CCC(C1CCCC1)n1cc(-c2ccnc(Nc3cccc(CCNS(=O)[O-])c3)n2)cn1. The number of nitrogens with zero attached hydrogens (tertiary/aromatic N) is 5. The van der Waals surface area contributed by atoms with Gasteiger partial charge in [-0.15, -0.1) is 0 Å². The summed E-state index contributed by atoms with van der Waals surface area (Å²) in [6, 6.07) is 11.9. The highest BCUT2D eigenvalue weighted by molar-refractivity contribution is 7.77. The molecule has 0 spiro atoms. The second-order valence-corrected chi connectivity index (χ2v) is 8.91. The van der Waals surface area contributed by atoms with E-state index in [1.807, 2.05) is 41.2 Å². The molecule has 0 saturated heterocycles. The number of nitriles is 1. The summed E-state index contributed by atoms with van der Waals surface area (Å²) in [5, 5.41) is 17.1. The van der Waals surface area contributed by atoms with E-state index < -0.39 is 11.3 Å². The van der Waals surface area contributed by atoms with Gasteiger partial charge in [0.05, 0.1) is 30.4 Å². The number of nitrogens with one attached hydrogen (secondary N) is 2. The van der Waals surface area contributed by atoms with E-state index in [0.29, 0.717) is 31.3 Å². The number of benzene rings is 1. The minimum atomic E-state index is -2.26. The van der Waals surface area contributed by atoms with Crippen LogP contribution in [-0.2, 0) is 17.7 Å². The molecule has 4 rings (SSSR count). The molecule has 1 aliphatic carbocycles. The van der Waals surface area contributed by atoms with E-state index in [4.69, 9.17) is 0 Å². The highest BCUT2D eigenvalue weighted by Crippen LogP contribution is 2.36. The van der Waals surface area contributed by atoms with Gasteiger partial charge < -0.3 is 9.87 Å². The first-order valence-corrected chi connectivity index (χ1v) is 12.1. The van der Waals surface area contributed by atoms with Gasteiger partial charge in [-0.2, -0.15) is 10.4 Å². The van der Waals surface area contributed by atoms with E-state index in [2.05, 4.69) is 31.2 Å². The van der Waals surface area contributed by atoms with Crippen LogP contribution in [0.1, 0.15) is 43.7 Å². The van der Waals surface area contributed by atoms with Gasteiger partial charge in [0.2, 0.25) is 5.95 Å². The van der Waals surface area contributed by atoms with Crippen LogP contribution >= 0.6 is 0 Å². The fraction of sp³-hybridized carbons (Fsp3) is 0.391. The van der Waals surface area contributed by atoms with E-state index in [9.17, 15) is 14.0 Å². The van der Waals surface area contributed by atoms with Crippen molar-refractivity contribution >= 4 is 22.9 Å². The lowest BCUT2D eigenvalue weighted by molar-refractivity contribution is 0.315. The summed E-state index contributed by atoms with van der Waals surface area (Å²) in [4.78, 5) is 8.96. The molecular formula is C23H26N7O2S-. The summed E-state index contributed by atoms with van der Waals surface area (Å²) in [6.45, 7) is 0.336. The zero-order valence-electron chi connectivity index (χ0n) is 18.2. The van der Waals surface area contributed by atoms with E-state index in [1.54, 1.807) is 12.4 Å². The number of aromatic nitrogens is 4. The molecule has 2 unspecified atom stereocenters. The highest BCUT2D eigenvalue weighted by atomic mass is 32.2. The Balaban J connectivity index is 1.46. The summed E-state index contributed by atoms with van der Waals surface area (Å²) in [6.07, 6.45) is 11.2. The Labute approximate surface area is 195 Å². The van der Waals surface area contributed by atoms with Gasteiger partial charge in [-0.3, -0.25) is 8.89 Å². The Hall–Kier alpha value is -3.13. The predicted molar refractivity (Wildman–Crippen MR) is 125 cm³/mol. The Morgan fingerprint density at radius 1 is 1.30 bits per heavy atom. The molecule has 0 radical (unpaired) electrons. The molecular weight excluding hydrogens is 438 g/mol. The lowest BCUT2D eigenvalue weighted by atomic mass is 9.96. The van der Waals surface area contributed by atoms with Crippen LogP contribution in [0, 0.1) is 17.2 Å². The van der Waals surface area contributed by atoms with Gasteiger partial charge in [-0.1, -0.05) is 25.0 Å². The van der Waals surface area contributed by atoms with Crippen LogP contribution in [0.3, 0.4) is 0 Å². The number of anilines is 2. The molecule has 1 fully saturated rings. The van der Waals surface area contributed by atoms with Gasteiger partial charge in [-0.25, -0.2) is 14.7 Å².